The van der Waals surface area contributed by atoms with E-state index in [4.69, 9.17) is 5.41 Å². The van der Waals surface area contributed by atoms with Crippen LogP contribution in [-0.2, 0) is 4.79 Å². The Hall–Kier alpha value is -1.85. The first-order chi connectivity index (χ1) is 7.15. The number of aromatic nitrogens is 2. The van der Waals surface area contributed by atoms with Gasteiger partial charge in [-0.2, -0.15) is 5.10 Å². The van der Waals surface area contributed by atoms with E-state index in [0.717, 1.165) is 5.69 Å². The van der Waals surface area contributed by atoms with Gasteiger partial charge < -0.3 is 5.32 Å². The molecule has 80 valence electrons. The number of nitrogens with one attached hydrogen (secondary N) is 3. The highest BCUT2D eigenvalue weighted by Crippen LogP contribution is 2.34. The van der Waals surface area contributed by atoms with Crippen molar-refractivity contribution < 1.29 is 4.79 Å². The second kappa shape index (κ2) is 3.72. The highest BCUT2D eigenvalue weighted by atomic mass is 16.1. The van der Waals surface area contributed by atoms with Gasteiger partial charge >= 0.3 is 0 Å². The fourth-order valence-electron chi connectivity index (χ4n) is 1.29. The monoisotopic (exact) mass is 207 g/mol. The highest BCUT2D eigenvalue weighted by molar-refractivity contribution is 6.01. The molecule has 0 unspecified atom stereocenters. The Morgan fingerprint density at radius 1 is 1.67 bits per heavy atom. The van der Waals surface area contributed by atoms with Crippen molar-refractivity contribution in [2.24, 2.45) is 0 Å². The summed E-state index contributed by atoms with van der Waals surface area (Å²) in [4.78, 5) is 10.7. The van der Waals surface area contributed by atoms with Crippen molar-refractivity contribution in [3.05, 3.63) is 12.4 Å². The van der Waals surface area contributed by atoms with E-state index in [2.05, 4.69) is 15.7 Å². The van der Waals surface area contributed by atoms with Gasteiger partial charge in [0.25, 0.3) is 0 Å². The molecule has 15 heavy (non-hydrogen) atoms. The molecule has 0 bridgehead atoms. The number of rotatable bonds is 2. The van der Waals surface area contributed by atoms with Crippen LogP contribution in [0.25, 0.3) is 0 Å². The molecule has 0 aromatic carbocycles. The Morgan fingerprint density at radius 2 is 2.40 bits per heavy atom. The summed E-state index contributed by atoms with van der Waals surface area (Å²) in [5, 5.41) is 16.6. The molecule has 0 aliphatic heterocycles. The van der Waals surface area contributed by atoms with Crippen LogP contribution >= 0.6 is 0 Å². The second-order valence-electron chi connectivity index (χ2n) is 3.62. The minimum Gasteiger partial charge on any atom is -0.324 e. The van der Waals surface area contributed by atoms with Gasteiger partial charge in [0.05, 0.1) is 17.9 Å². The Labute approximate surface area is 87.2 Å². The van der Waals surface area contributed by atoms with E-state index in [-0.39, 0.29) is 11.9 Å². The average molecular weight is 207 g/mol. The summed E-state index contributed by atoms with van der Waals surface area (Å²) >= 11 is 0. The van der Waals surface area contributed by atoms with Crippen LogP contribution in [0.1, 0.15) is 25.8 Å². The molecule has 6 nitrogen and oxygen atoms in total. The van der Waals surface area contributed by atoms with E-state index < -0.39 is 0 Å². The van der Waals surface area contributed by atoms with E-state index >= 15 is 0 Å². The molecule has 1 aromatic heterocycles. The molecule has 1 saturated carbocycles. The van der Waals surface area contributed by atoms with Crippen LogP contribution in [0.2, 0.25) is 0 Å². The molecule has 0 atom stereocenters. The third kappa shape index (κ3) is 2.55. The lowest BCUT2D eigenvalue weighted by Gasteiger charge is -2.04. The molecule has 1 aliphatic rings. The predicted octanol–water partition coefficient (Wildman–Crippen LogP) is 0.701. The molecular formula is C9H13N5O. The summed E-state index contributed by atoms with van der Waals surface area (Å²) in [5.74, 6) is -0.292. The summed E-state index contributed by atoms with van der Waals surface area (Å²) in [6.45, 7) is 1.36. The summed E-state index contributed by atoms with van der Waals surface area (Å²) < 4.78 is 1.88. The van der Waals surface area contributed by atoms with Gasteiger partial charge in [-0.25, -0.2) is 0 Å². The van der Waals surface area contributed by atoms with Crippen LogP contribution < -0.4 is 10.6 Å². The first kappa shape index (κ1) is 9.70. The van der Waals surface area contributed by atoms with E-state index in [1.54, 1.807) is 6.20 Å². The van der Waals surface area contributed by atoms with Crippen LogP contribution in [0.15, 0.2) is 12.4 Å². The molecule has 1 heterocycles. The summed E-state index contributed by atoms with van der Waals surface area (Å²) in [5.41, 5.74) is 0.723. The lowest BCUT2D eigenvalue weighted by molar-refractivity contribution is -0.117. The maximum absolute atomic E-state index is 10.7. The van der Waals surface area contributed by atoms with Crippen LogP contribution in [0.3, 0.4) is 0 Å². The van der Waals surface area contributed by atoms with Gasteiger partial charge in [-0.1, -0.05) is 0 Å². The molecular weight excluding hydrogens is 194 g/mol. The molecule has 1 aliphatic carbocycles. The zero-order valence-corrected chi connectivity index (χ0v) is 8.45. The van der Waals surface area contributed by atoms with E-state index in [1.807, 2.05) is 10.9 Å². The summed E-state index contributed by atoms with van der Waals surface area (Å²) in [6, 6.07) is 0.524. The number of amides is 1. The zero-order chi connectivity index (χ0) is 10.8. The number of hydrogen-bond donors (Lipinski definition) is 3. The van der Waals surface area contributed by atoms with E-state index in [9.17, 15) is 4.79 Å². The van der Waals surface area contributed by atoms with Crippen LogP contribution in [0.5, 0.6) is 0 Å². The predicted molar refractivity (Wildman–Crippen MR) is 55.7 cm³/mol. The largest absolute Gasteiger partial charge is 0.324 e. The van der Waals surface area contributed by atoms with Crippen LogP contribution in [0.4, 0.5) is 5.69 Å². The van der Waals surface area contributed by atoms with Crippen molar-refractivity contribution in [1.82, 2.24) is 15.1 Å². The van der Waals surface area contributed by atoms with Gasteiger partial charge in [0.15, 0.2) is 5.96 Å². The van der Waals surface area contributed by atoms with Crippen molar-refractivity contribution in [3.8, 4) is 0 Å². The first-order valence-corrected chi connectivity index (χ1v) is 4.82. The molecule has 3 N–H and O–H groups in total. The lowest BCUT2D eigenvalue weighted by Crippen LogP contribution is -2.33. The van der Waals surface area contributed by atoms with Crippen LogP contribution in [-0.4, -0.2) is 21.6 Å². The summed E-state index contributed by atoms with van der Waals surface area (Å²) in [7, 11) is 0. The lowest BCUT2D eigenvalue weighted by atomic mass is 10.5. The number of hydrogen-bond acceptors (Lipinski definition) is 3. The maximum atomic E-state index is 10.7. The zero-order valence-electron chi connectivity index (χ0n) is 8.45. The first-order valence-electron chi connectivity index (χ1n) is 4.82. The van der Waals surface area contributed by atoms with Crippen molar-refractivity contribution in [2.75, 3.05) is 5.32 Å². The van der Waals surface area contributed by atoms with Gasteiger partial charge in [-0.3, -0.25) is 20.2 Å². The average Bonchev–Trinajstić information content (AvgIpc) is 2.87. The van der Waals surface area contributed by atoms with E-state index in [1.165, 1.54) is 19.8 Å². The molecule has 6 heteroatoms. The topological polar surface area (TPSA) is 82.8 Å². The SMILES string of the molecule is CC(=O)NC(=N)Nc1cnn(C2CC2)c1. The van der Waals surface area contributed by atoms with Gasteiger partial charge in [-0.15, -0.1) is 0 Å². The minimum absolute atomic E-state index is 0.0298. The van der Waals surface area contributed by atoms with Gasteiger partial charge in [0.1, 0.15) is 0 Å². The molecule has 0 spiro atoms. The number of nitrogens with zero attached hydrogens (tertiary/aromatic N) is 2. The third-order valence-electron chi connectivity index (χ3n) is 2.09. The Balaban J connectivity index is 1.92. The molecule has 0 radical (unpaired) electrons. The second-order valence-corrected chi connectivity index (χ2v) is 3.62. The third-order valence-corrected chi connectivity index (χ3v) is 2.09. The van der Waals surface area contributed by atoms with Crippen molar-refractivity contribution in [1.29, 1.82) is 5.41 Å². The highest BCUT2D eigenvalue weighted by Gasteiger charge is 2.24. The van der Waals surface area contributed by atoms with Crippen molar-refractivity contribution in [3.63, 3.8) is 0 Å². The fourth-order valence-corrected chi connectivity index (χ4v) is 1.29. The van der Waals surface area contributed by atoms with Crippen LogP contribution in [0, 0.1) is 5.41 Å². The molecule has 1 fully saturated rings. The smallest absolute Gasteiger partial charge is 0.223 e. The van der Waals surface area contributed by atoms with Gasteiger partial charge in [-0.05, 0) is 12.8 Å². The van der Waals surface area contributed by atoms with E-state index in [0.29, 0.717) is 6.04 Å². The van der Waals surface area contributed by atoms with Crippen molar-refractivity contribution in [2.45, 2.75) is 25.8 Å². The molecule has 0 saturated heterocycles. The summed E-state index contributed by atoms with van der Waals surface area (Å²) in [6.07, 6.45) is 5.83. The molecule has 1 amide bonds. The Morgan fingerprint density at radius 3 is 3.00 bits per heavy atom. The Bertz CT molecular complexity index is 393. The van der Waals surface area contributed by atoms with Gasteiger partial charge in [0.2, 0.25) is 5.91 Å². The molecule has 1 aromatic rings. The Kier molecular flexibility index (Phi) is 2.40. The fraction of sp³-hybridized carbons (Fsp3) is 0.444. The molecule has 2 rings (SSSR count). The standard InChI is InChI=1S/C9H13N5O/c1-6(15)12-9(10)13-7-4-11-14(5-7)8-2-3-8/h4-5,8H,2-3H2,1H3,(H3,10,12,13,15). The number of carbonyl (C=O) groups excluding carboxylic acids is 1. The number of carbonyl (C=O) groups is 1. The van der Waals surface area contributed by atoms with Gasteiger partial charge in [0, 0.05) is 13.1 Å². The quantitative estimate of drug-likeness (QED) is 0.493. The van der Waals surface area contributed by atoms with Crippen molar-refractivity contribution >= 4 is 17.6 Å². The normalized spacial score (nSPS) is 14.7. The number of anilines is 1. The minimum atomic E-state index is -0.262. The number of guanidine groups is 1. The maximum Gasteiger partial charge on any atom is 0.223 e.